The number of benzene rings is 1. The molecule has 1 aromatic carbocycles. The lowest BCUT2D eigenvalue weighted by molar-refractivity contribution is 0.0989. The van der Waals surface area contributed by atoms with E-state index in [-0.39, 0.29) is 0 Å². The first-order chi connectivity index (χ1) is 8.75. The first kappa shape index (κ1) is 11.7. The highest BCUT2D eigenvalue weighted by Gasteiger charge is 2.19. The zero-order valence-corrected chi connectivity index (χ0v) is 10.9. The van der Waals surface area contributed by atoms with E-state index in [0.29, 0.717) is 11.2 Å². The molecule has 0 N–H and O–H groups in total. The third-order valence-electron chi connectivity index (χ3n) is 3.27. The van der Waals surface area contributed by atoms with Crippen LogP contribution in [0.1, 0.15) is 6.92 Å². The van der Waals surface area contributed by atoms with Crippen LogP contribution in [0.5, 0.6) is 0 Å². The van der Waals surface area contributed by atoms with Crippen LogP contribution in [-0.4, -0.2) is 35.8 Å². The summed E-state index contributed by atoms with van der Waals surface area (Å²) in [5.74, 6) is 0. The van der Waals surface area contributed by atoms with Crippen molar-refractivity contribution >= 4 is 28.2 Å². The summed E-state index contributed by atoms with van der Waals surface area (Å²) in [7, 11) is 0. The van der Waals surface area contributed by atoms with E-state index in [0.717, 1.165) is 36.3 Å². The molecule has 18 heavy (non-hydrogen) atoms. The number of fused-ring (bicyclic) bond motifs is 1. The van der Waals surface area contributed by atoms with Gasteiger partial charge in [0, 0.05) is 23.7 Å². The number of nitrogens with zero attached hydrogens (tertiary/aromatic N) is 3. The van der Waals surface area contributed by atoms with E-state index in [1.807, 2.05) is 6.07 Å². The Bertz CT molecular complexity index is 575. The molecule has 3 rings (SSSR count). The van der Waals surface area contributed by atoms with Crippen LogP contribution < -0.4 is 4.90 Å². The Kier molecular flexibility index (Phi) is 3.06. The molecular formula is C13H14ClN3O. The summed E-state index contributed by atoms with van der Waals surface area (Å²) in [6.45, 7) is 4.61. The quantitative estimate of drug-likeness (QED) is 0.741. The number of ether oxygens (including phenoxy) is 1. The number of rotatable bonds is 1. The number of halogens is 1. The van der Waals surface area contributed by atoms with Crippen LogP contribution in [0, 0.1) is 0 Å². The van der Waals surface area contributed by atoms with Crippen LogP contribution in [0.25, 0.3) is 10.9 Å². The van der Waals surface area contributed by atoms with Gasteiger partial charge in [-0.25, -0.2) is 9.97 Å². The van der Waals surface area contributed by atoms with Gasteiger partial charge in [-0.2, -0.15) is 0 Å². The minimum absolute atomic E-state index is 0.383. The molecule has 0 radical (unpaired) electrons. The Labute approximate surface area is 111 Å². The van der Waals surface area contributed by atoms with Gasteiger partial charge in [-0.15, -0.1) is 0 Å². The zero-order valence-electron chi connectivity index (χ0n) is 10.1. The lowest BCUT2D eigenvalue weighted by atomic mass is 10.1. The van der Waals surface area contributed by atoms with E-state index in [1.54, 1.807) is 0 Å². The van der Waals surface area contributed by atoms with Gasteiger partial charge in [0.1, 0.15) is 11.5 Å². The lowest BCUT2D eigenvalue weighted by Crippen LogP contribution is -2.43. The maximum absolute atomic E-state index is 6.04. The Morgan fingerprint density at radius 1 is 1.39 bits per heavy atom. The lowest BCUT2D eigenvalue weighted by Gasteiger charge is -2.35. The van der Waals surface area contributed by atoms with Gasteiger partial charge in [-0.1, -0.05) is 11.6 Å². The fraction of sp³-hybridized carbons (Fsp3) is 0.385. The van der Waals surface area contributed by atoms with Crippen molar-refractivity contribution < 1.29 is 4.74 Å². The molecule has 1 aliphatic rings. The van der Waals surface area contributed by atoms with E-state index in [9.17, 15) is 0 Å². The second kappa shape index (κ2) is 4.71. The highest BCUT2D eigenvalue weighted by atomic mass is 35.5. The second-order valence-electron chi connectivity index (χ2n) is 4.48. The molecule has 1 atom stereocenters. The molecule has 0 saturated carbocycles. The Balaban J connectivity index is 2.02. The number of aromatic nitrogens is 2. The Morgan fingerprint density at radius 3 is 3.11 bits per heavy atom. The first-order valence-corrected chi connectivity index (χ1v) is 6.38. The summed E-state index contributed by atoms with van der Waals surface area (Å²) in [6.07, 6.45) is 1.50. The molecule has 0 amide bonds. The Hall–Kier alpha value is -1.39. The summed E-state index contributed by atoms with van der Waals surface area (Å²) < 4.78 is 5.45. The summed E-state index contributed by atoms with van der Waals surface area (Å²) >= 11 is 6.04. The molecular weight excluding hydrogens is 250 g/mol. The average molecular weight is 264 g/mol. The predicted octanol–water partition coefficient (Wildman–Crippen LogP) is 2.51. The molecule has 5 heteroatoms. The zero-order chi connectivity index (χ0) is 12.5. The van der Waals surface area contributed by atoms with Gasteiger partial charge in [-0.3, -0.25) is 0 Å². The van der Waals surface area contributed by atoms with Gasteiger partial charge in [0.15, 0.2) is 0 Å². The van der Waals surface area contributed by atoms with Crippen LogP contribution >= 0.6 is 11.6 Å². The summed E-state index contributed by atoms with van der Waals surface area (Å²) in [5, 5.41) is 1.39. The first-order valence-electron chi connectivity index (χ1n) is 6.00. The third kappa shape index (κ3) is 2.02. The van der Waals surface area contributed by atoms with Crippen LogP contribution in [0.15, 0.2) is 24.5 Å². The van der Waals surface area contributed by atoms with Crippen molar-refractivity contribution in [3.05, 3.63) is 29.7 Å². The SMILES string of the molecule is CC1COCCN1c1ccc2c(Cl)ncnc2c1. The number of hydrogen-bond acceptors (Lipinski definition) is 4. The van der Waals surface area contributed by atoms with Crippen molar-refractivity contribution in [1.29, 1.82) is 0 Å². The van der Waals surface area contributed by atoms with Crippen LogP contribution in [0.2, 0.25) is 5.15 Å². The maximum atomic E-state index is 6.04. The molecule has 1 saturated heterocycles. The van der Waals surface area contributed by atoms with Crippen molar-refractivity contribution in [2.45, 2.75) is 13.0 Å². The van der Waals surface area contributed by atoms with Crippen molar-refractivity contribution in [3.8, 4) is 0 Å². The van der Waals surface area contributed by atoms with Gasteiger partial charge in [0.05, 0.1) is 18.7 Å². The summed E-state index contributed by atoms with van der Waals surface area (Å²) in [6, 6.07) is 6.49. The highest BCUT2D eigenvalue weighted by Crippen LogP contribution is 2.26. The van der Waals surface area contributed by atoms with Crippen molar-refractivity contribution in [2.24, 2.45) is 0 Å². The van der Waals surface area contributed by atoms with Crippen molar-refractivity contribution in [1.82, 2.24) is 9.97 Å². The van der Waals surface area contributed by atoms with Gasteiger partial charge < -0.3 is 9.64 Å². The predicted molar refractivity (Wildman–Crippen MR) is 72.2 cm³/mol. The van der Waals surface area contributed by atoms with E-state index in [2.05, 4.69) is 33.9 Å². The smallest absolute Gasteiger partial charge is 0.140 e. The fourth-order valence-corrected chi connectivity index (χ4v) is 2.51. The second-order valence-corrected chi connectivity index (χ2v) is 4.84. The van der Waals surface area contributed by atoms with Gasteiger partial charge in [-0.05, 0) is 25.1 Å². The van der Waals surface area contributed by atoms with Crippen LogP contribution in [-0.2, 0) is 4.74 Å². The molecule has 0 bridgehead atoms. The van der Waals surface area contributed by atoms with Crippen LogP contribution in [0.4, 0.5) is 5.69 Å². The number of anilines is 1. The third-order valence-corrected chi connectivity index (χ3v) is 3.57. The molecule has 1 aliphatic heterocycles. The topological polar surface area (TPSA) is 38.2 Å². The standard InChI is InChI=1S/C13H14ClN3O/c1-9-7-18-5-4-17(9)10-2-3-11-12(6-10)15-8-16-13(11)14/h2-3,6,8-9H,4-5,7H2,1H3. The van der Waals surface area contributed by atoms with Crippen LogP contribution in [0.3, 0.4) is 0 Å². The molecule has 1 fully saturated rings. The molecule has 1 aromatic heterocycles. The molecule has 0 aliphatic carbocycles. The maximum Gasteiger partial charge on any atom is 0.140 e. The molecule has 0 spiro atoms. The minimum atomic E-state index is 0.383. The average Bonchev–Trinajstić information content (AvgIpc) is 2.39. The van der Waals surface area contributed by atoms with Crippen molar-refractivity contribution in [3.63, 3.8) is 0 Å². The van der Waals surface area contributed by atoms with E-state index < -0.39 is 0 Å². The number of hydrogen-bond donors (Lipinski definition) is 0. The van der Waals surface area contributed by atoms with Gasteiger partial charge in [0.25, 0.3) is 0 Å². The summed E-state index contributed by atoms with van der Waals surface area (Å²) in [5.41, 5.74) is 2.04. The molecule has 2 aromatic rings. The molecule has 2 heterocycles. The molecule has 94 valence electrons. The van der Waals surface area contributed by atoms with E-state index in [4.69, 9.17) is 16.3 Å². The van der Waals surface area contributed by atoms with Gasteiger partial charge >= 0.3 is 0 Å². The minimum Gasteiger partial charge on any atom is -0.377 e. The van der Waals surface area contributed by atoms with E-state index in [1.165, 1.54) is 6.33 Å². The fourth-order valence-electron chi connectivity index (χ4n) is 2.30. The number of morpholine rings is 1. The van der Waals surface area contributed by atoms with Crippen molar-refractivity contribution in [2.75, 3.05) is 24.7 Å². The highest BCUT2D eigenvalue weighted by molar-refractivity contribution is 6.34. The van der Waals surface area contributed by atoms with Gasteiger partial charge in [0.2, 0.25) is 0 Å². The van der Waals surface area contributed by atoms with E-state index >= 15 is 0 Å². The summed E-state index contributed by atoms with van der Waals surface area (Å²) in [4.78, 5) is 10.6. The normalized spacial score (nSPS) is 20.3. The molecule has 4 nitrogen and oxygen atoms in total. The Morgan fingerprint density at radius 2 is 2.28 bits per heavy atom. The monoisotopic (exact) mass is 263 g/mol. The molecule has 1 unspecified atom stereocenters. The largest absolute Gasteiger partial charge is 0.377 e.